The molecule has 2 aromatic rings. The predicted molar refractivity (Wildman–Crippen MR) is 103 cm³/mol. The fourth-order valence-electron chi connectivity index (χ4n) is 3.68. The number of carbonyl (C=O) groups is 1. The lowest BCUT2D eigenvalue weighted by Crippen LogP contribution is -2.57. The van der Waals surface area contributed by atoms with Crippen molar-refractivity contribution in [2.24, 2.45) is 0 Å². The predicted octanol–water partition coefficient (Wildman–Crippen LogP) is 0.996. The summed E-state index contributed by atoms with van der Waals surface area (Å²) >= 11 is 0. The van der Waals surface area contributed by atoms with Crippen LogP contribution in [0.3, 0.4) is 0 Å². The first-order valence-corrected chi connectivity index (χ1v) is 9.76. The van der Waals surface area contributed by atoms with E-state index in [1.165, 1.54) is 22.3 Å². The van der Waals surface area contributed by atoms with Gasteiger partial charge in [0.15, 0.2) is 0 Å². The van der Waals surface area contributed by atoms with Crippen LogP contribution in [-0.2, 0) is 17.9 Å². The van der Waals surface area contributed by atoms with Crippen LogP contribution in [0.5, 0.6) is 0 Å². The number of aryl methyl sites for hydroxylation is 2. The molecule has 2 N–H and O–H groups in total. The second kappa shape index (κ2) is 7.78. The van der Waals surface area contributed by atoms with Gasteiger partial charge in [0.25, 0.3) is 0 Å². The normalized spacial score (nSPS) is 20.6. The first-order valence-electron chi connectivity index (χ1n) is 9.76. The molecule has 27 heavy (non-hydrogen) atoms. The minimum absolute atomic E-state index is 0.111. The molecule has 1 atom stereocenters. The highest BCUT2D eigenvalue weighted by Crippen LogP contribution is 2.21. The number of hydrogen-bond acceptors (Lipinski definition) is 5. The molecular weight excluding hydrogens is 340 g/mol. The molecule has 1 aliphatic heterocycles. The number of rotatable bonds is 6. The van der Waals surface area contributed by atoms with Crippen LogP contribution in [0.4, 0.5) is 0 Å². The Hall–Kier alpha value is -2.25. The minimum atomic E-state index is -0.111. The summed E-state index contributed by atoms with van der Waals surface area (Å²) in [6.45, 7) is 8.47. The average Bonchev–Trinajstić information content (AvgIpc) is 3.31. The zero-order valence-corrected chi connectivity index (χ0v) is 16.1. The largest absolute Gasteiger partial charge is 0.352 e. The van der Waals surface area contributed by atoms with E-state index in [0.29, 0.717) is 6.04 Å². The molecule has 7 heteroatoms. The molecule has 0 bridgehead atoms. The van der Waals surface area contributed by atoms with Crippen LogP contribution in [0, 0.1) is 13.8 Å². The van der Waals surface area contributed by atoms with Gasteiger partial charge >= 0.3 is 0 Å². The molecule has 2 aliphatic rings. The maximum atomic E-state index is 12.4. The van der Waals surface area contributed by atoms with Gasteiger partial charge in [-0.25, -0.2) is 9.67 Å². The molecule has 2 fully saturated rings. The molecule has 2 heterocycles. The summed E-state index contributed by atoms with van der Waals surface area (Å²) < 4.78 is 1.85. The number of hydrogen-bond donors (Lipinski definition) is 2. The molecule has 1 saturated heterocycles. The van der Waals surface area contributed by atoms with Crippen molar-refractivity contribution in [1.82, 2.24) is 30.3 Å². The molecule has 1 aromatic heterocycles. The molecular formula is C20H28N6O. The fraction of sp³-hybridized carbons (Fsp3) is 0.550. The van der Waals surface area contributed by atoms with Gasteiger partial charge in [0.1, 0.15) is 12.7 Å². The Labute approximate surface area is 160 Å². The van der Waals surface area contributed by atoms with E-state index in [0.717, 1.165) is 45.6 Å². The first kappa shape index (κ1) is 18.1. The molecule has 144 valence electrons. The molecule has 1 aliphatic carbocycles. The van der Waals surface area contributed by atoms with Crippen molar-refractivity contribution < 1.29 is 4.79 Å². The quantitative estimate of drug-likeness (QED) is 0.796. The van der Waals surface area contributed by atoms with Crippen LogP contribution in [0.15, 0.2) is 24.8 Å². The second-order valence-electron chi connectivity index (χ2n) is 7.82. The van der Waals surface area contributed by atoms with E-state index in [1.807, 2.05) is 4.68 Å². The van der Waals surface area contributed by atoms with Crippen molar-refractivity contribution >= 4 is 5.91 Å². The molecule has 4 rings (SSSR count). The standard InChI is InChI=1S/C20H28N6O/c1-14-7-15(2)17(10-26-13-21-12-23-26)8-16(14)9-25-6-5-22-19(11-25)20(27)24-18-3-4-18/h7-8,12-13,18-19,22H,3-6,9-11H2,1-2H3,(H,24,27)/t19-/m1/s1. The van der Waals surface area contributed by atoms with E-state index >= 15 is 0 Å². The number of aromatic nitrogens is 3. The Kier molecular flexibility index (Phi) is 5.22. The van der Waals surface area contributed by atoms with Crippen LogP contribution >= 0.6 is 0 Å². The first-order chi connectivity index (χ1) is 13.1. The second-order valence-corrected chi connectivity index (χ2v) is 7.82. The van der Waals surface area contributed by atoms with E-state index in [4.69, 9.17) is 0 Å². The van der Waals surface area contributed by atoms with E-state index < -0.39 is 0 Å². The summed E-state index contributed by atoms with van der Waals surface area (Å²) in [5, 5.41) is 10.7. The summed E-state index contributed by atoms with van der Waals surface area (Å²) in [4.78, 5) is 18.8. The molecule has 1 amide bonds. The SMILES string of the molecule is Cc1cc(C)c(Cn2cncn2)cc1CN1CCN[C@@H](C(=O)NC2CC2)C1. The molecule has 0 unspecified atom stereocenters. The van der Waals surface area contributed by atoms with Crippen LogP contribution in [0.1, 0.15) is 35.1 Å². The van der Waals surface area contributed by atoms with Crippen LogP contribution in [0.2, 0.25) is 0 Å². The Morgan fingerprint density at radius 1 is 1.22 bits per heavy atom. The number of amides is 1. The summed E-state index contributed by atoms with van der Waals surface area (Å²) in [6, 6.07) is 4.84. The van der Waals surface area contributed by atoms with E-state index in [1.54, 1.807) is 12.7 Å². The topological polar surface area (TPSA) is 75.1 Å². The Morgan fingerprint density at radius 2 is 2.00 bits per heavy atom. The van der Waals surface area contributed by atoms with E-state index in [9.17, 15) is 4.79 Å². The zero-order chi connectivity index (χ0) is 18.8. The van der Waals surface area contributed by atoms with Gasteiger partial charge in [-0.05, 0) is 48.9 Å². The van der Waals surface area contributed by atoms with Gasteiger partial charge < -0.3 is 10.6 Å². The highest BCUT2D eigenvalue weighted by molar-refractivity contribution is 5.82. The van der Waals surface area contributed by atoms with Gasteiger partial charge in [-0.3, -0.25) is 9.69 Å². The van der Waals surface area contributed by atoms with Gasteiger partial charge in [-0.15, -0.1) is 0 Å². The average molecular weight is 368 g/mol. The summed E-state index contributed by atoms with van der Waals surface area (Å²) in [6.07, 6.45) is 5.56. The maximum absolute atomic E-state index is 12.4. The number of benzene rings is 1. The smallest absolute Gasteiger partial charge is 0.238 e. The molecule has 1 saturated carbocycles. The number of piperazine rings is 1. The lowest BCUT2D eigenvalue weighted by Gasteiger charge is -2.33. The Bertz CT molecular complexity index is 799. The van der Waals surface area contributed by atoms with Crippen molar-refractivity contribution in [2.45, 2.75) is 51.9 Å². The van der Waals surface area contributed by atoms with Gasteiger partial charge in [0, 0.05) is 32.2 Å². The molecule has 0 radical (unpaired) electrons. The maximum Gasteiger partial charge on any atom is 0.238 e. The third-order valence-electron chi connectivity index (χ3n) is 5.49. The summed E-state index contributed by atoms with van der Waals surface area (Å²) in [7, 11) is 0. The fourth-order valence-corrected chi connectivity index (χ4v) is 3.68. The third kappa shape index (κ3) is 4.54. The summed E-state index contributed by atoms with van der Waals surface area (Å²) in [5.74, 6) is 0.148. The number of nitrogens with one attached hydrogen (secondary N) is 2. The van der Waals surface area contributed by atoms with Crippen LogP contribution in [0.25, 0.3) is 0 Å². The number of carbonyl (C=O) groups excluding carboxylic acids is 1. The van der Waals surface area contributed by atoms with Crippen molar-refractivity contribution in [3.63, 3.8) is 0 Å². The van der Waals surface area contributed by atoms with Crippen LogP contribution in [-0.4, -0.2) is 57.3 Å². The van der Waals surface area contributed by atoms with Crippen molar-refractivity contribution in [3.8, 4) is 0 Å². The highest BCUT2D eigenvalue weighted by atomic mass is 16.2. The van der Waals surface area contributed by atoms with Crippen molar-refractivity contribution in [2.75, 3.05) is 19.6 Å². The van der Waals surface area contributed by atoms with Crippen molar-refractivity contribution in [1.29, 1.82) is 0 Å². The third-order valence-corrected chi connectivity index (χ3v) is 5.49. The Morgan fingerprint density at radius 3 is 2.70 bits per heavy atom. The minimum Gasteiger partial charge on any atom is -0.352 e. The number of nitrogens with zero attached hydrogens (tertiary/aromatic N) is 4. The van der Waals surface area contributed by atoms with E-state index in [2.05, 4.69) is 51.6 Å². The van der Waals surface area contributed by atoms with Gasteiger partial charge in [-0.2, -0.15) is 5.10 Å². The lowest BCUT2D eigenvalue weighted by molar-refractivity contribution is -0.124. The van der Waals surface area contributed by atoms with E-state index in [-0.39, 0.29) is 11.9 Å². The van der Waals surface area contributed by atoms with Gasteiger partial charge in [0.05, 0.1) is 12.6 Å². The monoisotopic (exact) mass is 368 g/mol. The van der Waals surface area contributed by atoms with Gasteiger partial charge in [0.2, 0.25) is 5.91 Å². The summed E-state index contributed by atoms with van der Waals surface area (Å²) in [5.41, 5.74) is 5.15. The van der Waals surface area contributed by atoms with Gasteiger partial charge in [-0.1, -0.05) is 12.1 Å². The van der Waals surface area contributed by atoms with Crippen molar-refractivity contribution in [3.05, 3.63) is 47.0 Å². The Balaban J connectivity index is 1.43. The lowest BCUT2D eigenvalue weighted by atomic mass is 9.99. The molecule has 7 nitrogen and oxygen atoms in total. The molecule has 0 spiro atoms. The molecule has 1 aromatic carbocycles. The highest BCUT2D eigenvalue weighted by Gasteiger charge is 2.30. The van der Waals surface area contributed by atoms with Crippen LogP contribution < -0.4 is 10.6 Å². The zero-order valence-electron chi connectivity index (χ0n) is 16.1.